The van der Waals surface area contributed by atoms with Crippen molar-refractivity contribution in [3.8, 4) is 0 Å². The third-order valence-electron chi connectivity index (χ3n) is 3.13. The molecule has 1 rings (SSSR count). The predicted molar refractivity (Wildman–Crippen MR) is 89.1 cm³/mol. The van der Waals surface area contributed by atoms with E-state index in [9.17, 15) is 18.4 Å². The standard InChI is InChI=1S/C17H21F2N3O3/c1-9(2)7-22-16(21)14(10(3)20)17(24)25-8-13(23)15-11(18)5-4-6-12(15)19/h4-6,9,20,22H,7-8,21H2,1-3H3/b16-14+,20-10?. The van der Waals surface area contributed by atoms with E-state index in [-0.39, 0.29) is 23.0 Å². The Balaban J connectivity index is 2.87. The monoisotopic (exact) mass is 353 g/mol. The first kappa shape index (κ1) is 20.3. The molecule has 4 N–H and O–H groups in total. The molecular weight excluding hydrogens is 332 g/mol. The Hall–Kier alpha value is -2.77. The SMILES string of the molecule is CC(=N)/C(C(=O)OCC(=O)c1c(F)cccc1F)=C(/N)NCC(C)C. The van der Waals surface area contributed by atoms with Crippen LogP contribution in [-0.2, 0) is 9.53 Å². The van der Waals surface area contributed by atoms with Crippen molar-refractivity contribution in [1.82, 2.24) is 5.32 Å². The summed E-state index contributed by atoms with van der Waals surface area (Å²) in [4.78, 5) is 24.0. The van der Waals surface area contributed by atoms with Gasteiger partial charge in [-0.05, 0) is 25.0 Å². The van der Waals surface area contributed by atoms with Crippen molar-refractivity contribution in [2.24, 2.45) is 11.7 Å². The van der Waals surface area contributed by atoms with Crippen LogP contribution in [0.15, 0.2) is 29.6 Å². The number of Topliss-reactive ketones (excluding diaryl/α,β-unsaturated/α-hetero) is 1. The Morgan fingerprint density at radius 1 is 1.28 bits per heavy atom. The molecule has 0 spiro atoms. The zero-order valence-electron chi connectivity index (χ0n) is 14.3. The number of carbonyl (C=O) groups excluding carboxylic acids is 2. The second kappa shape index (κ2) is 8.91. The van der Waals surface area contributed by atoms with Crippen LogP contribution in [-0.4, -0.2) is 30.6 Å². The number of nitrogens with two attached hydrogens (primary N) is 1. The van der Waals surface area contributed by atoms with E-state index < -0.39 is 35.6 Å². The first-order valence-electron chi connectivity index (χ1n) is 7.58. The van der Waals surface area contributed by atoms with E-state index in [0.29, 0.717) is 6.54 Å². The van der Waals surface area contributed by atoms with E-state index in [4.69, 9.17) is 15.9 Å². The Kier molecular flexibility index (Phi) is 7.22. The molecule has 0 saturated heterocycles. The maximum atomic E-state index is 13.5. The molecule has 136 valence electrons. The maximum absolute atomic E-state index is 13.5. The average molecular weight is 353 g/mol. The van der Waals surface area contributed by atoms with E-state index in [1.54, 1.807) is 0 Å². The lowest BCUT2D eigenvalue weighted by Crippen LogP contribution is -2.31. The van der Waals surface area contributed by atoms with Crippen molar-refractivity contribution < 1.29 is 23.1 Å². The third-order valence-corrected chi connectivity index (χ3v) is 3.13. The van der Waals surface area contributed by atoms with Crippen LogP contribution in [0.1, 0.15) is 31.1 Å². The van der Waals surface area contributed by atoms with Gasteiger partial charge in [-0.15, -0.1) is 0 Å². The molecule has 6 nitrogen and oxygen atoms in total. The lowest BCUT2D eigenvalue weighted by molar-refractivity contribution is -0.137. The molecule has 8 heteroatoms. The fraction of sp³-hybridized carbons (Fsp3) is 0.353. The lowest BCUT2D eigenvalue weighted by Gasteiger charge is -2.14. The van der Waals surface area contributed by atoms with Crippen LogP contribution in [0.4, 0.5) is 8.78 Å². The number of hydrogen-bond acceptors (Lipinski definition) is 6. The van der Waals surface area contributed by atoms with Gasteiger partial charge < -0.3 is 21.2 Å². The summed E-state index contributed by atoms with van der Waals surface area (Å²) in [7, 11) is 0. The van der Waals surface area contributed by atoms with Gasteiger partial charge in [0.05, 0.1) is 5.56 Å². The molecule has 0 heterocycles. The van der Waals surface area contributed by atoms with Crippen molar-refractivity contribution in [3.63, 3.8) is 0 Å². The zero-order chi connectivity index (χ0) is 19.1. The number of esters is 1. The number of nitrogens with one attached hydrogen (secondary N) is 2. The van der Waals surface area contributed by atoms with Gasteiger partial charge in [-0.3, -0.25) is 4.79 Å². The highest BCUT2D eigenvalue weighted by molar-refractivity contribution is 6.18. The van der Waals surface area contributed by atoms with Crippen LogP contribution in [0, 0.1) is 23.0 Å². The Morgan fingerprint density at radius 3 is 2.32 bits per heavy atom. The van der Waals surface area contributed by atoms with Crippen molar-refractivity contribution in [2.75, 3.05) is 13.2 Å². The summed E-state index contributed by atoms with van der Waals surface area (Å²) in [5, 5.41) is 10.4. The second-order valence-corrected chi connectivity index (χ2v) is 5.78. The topological polar surface area (TPSA) is 105 Å². The van der Waals surface area contributed by atoms with E-state index in [1.807, 2.05) is 13.8 Å². The molecule has 0 saturated carbocycles. The van der Waals surface area contributed by atoms with Gasteiger partial charge in [0.15, 0.2) is 6.61 Å². The van der Waals surface area contributed by atoms with E-state index in [2.05, 4.69) is 5.32 Å². The largest absolute Gasteiger partial charge is 0.454 e. The number of hydrogen-bond donors (Lipinski definition) is 3. The van der Waals surface area contributed by atoms with Crippen molar-refractivity contribution >= 4 is 17.5 Å². The van der Waals surface area contributed by atoms with Crippen molar-refractivity contribution in [2.45, 2.75) is 20.8 Å². The molecule has 0 amide bonds. The molecule has 1 aromatic rings. The number of carbonyl (C=O) groups is 2. The minimum Gasteiger partial charge on any atom is -0.454 e. The average Bonchev–Trinajstić information content (AvgIpc) is 2.50. The summed E-state index contributed by atoms with van der Waals surface area (Å²) < 4.78 is 31.9. The van der Waals surface area contributed by atoms with Gasteiger partial charge in [-0.25, -0.2) is 13.6 Å². The van der Waals surface area contributed by atoms with Gasteiger partial charge in [-0.2, -0.15) is 0 Å². The smallest absolute Gasteiger partial charge is 0.344 e. The number of rotatable bonds is 8. The minimum absolute atomic E-state index is 0.0595. The van der Waals surface area contributed by atoms with Crippen LogP contribution in [0.25, 0.3) is 0 Å². The highest BCUT2D eigenvalue weighted by atomic mass is 19.1. The summed E-state index contributed by atoms with van der Waals surface area (Å²) in [5.41, 5.74) is 4.58. The predicted octanol–water partition coefficient (Wildman–Crippen LogP) is 2.15. The minimum atomic E-state index is -1.04. The highest BCUT2D eigenvalue weighted by Crippen LogP contribution is 2.13. The molecule has 25 heavy (non-hydrogen) atoms. The molecule has 0 aliphatic rings. The van der Waals surface area contributed by atoms with Crippen LogP contribution >= 0.6 is 0 Å². The molecule has 0 aliphatic heterocycles. The van der Waals surface area contributed by atoms with E-state index in [1.165, 1.54) is 6.92 Å². The molecule has 0 atom stereocenters. The molecule has 0 fully saturated rings. The van der Waals surface area contributed by atoms with Crippen molar-refractivity contribution in [3.05, 3.63) is 46.8 Å². The van der Waals surface area contributed by atoms with Gasteiger partial charge in [0.2, 0.25) is 5.78 Å². The molecule has 0 unspecified atom stereocenters. The first-order chi connectivity index (χ1) is 11.6. The number of ketones is 1. The molecule has 0 aliphatic carbocycles. The molecular formula is C17H21F2N3O3. The van der Waals surface area contributed by atoms with Gasteiger partial charge in [-0.1, -0.05) is 19.9 Å². The van der Waals surface area contributed by atoms with Crippen LogP contribution in [0.2, 0.25) is 0 Å². The zero-order valence-corrected chi connectivity index (χ0v) is 14.3. The normalized spacial score (nSPS) is 11.8. The number of ether oxygens (including phenoxy) is 1. The van der Waals surface area contributed by atoms with E-state index >= 15 is 0 Å². The summed E-state index contributed by atoms with van der Waals surface area (Å²) in [6.07, 6.45) is 0. The summed E-state index contributed by atoms with van der Waals surface area (Å²) in [6.45, 7) is 4.79. The summed E-state index contributed by atoms with van der Waals surface area (Å²) >= 11 is 0. The summed E-state index contributed by atoms with van der Waals surface area (Å²) in [5.74, 6) is -3.95. The fourth-order valence-corrected chi connectivity index (χ4v) is 1.91. The van der Waals surface area contributed by atoms with Crippen LogP contribution in [0.5, 0.6) is 0 Å². The Morgan fingerprint density at radius 2 is 1.84 bits per heavy atom. The van der Waals surface area contributed by atoms with E-state index in [0.717, 1.165) is 18.2 Å². The van der Waals surface area contributed by atoms with Gasteiger partial charge in [0, 0.05) is 12.3 Å². The molecule has 1 aromatic carbocycles. The third kappa shape index (κ3) is 5.66. The molecule has 0 aromatic heterocycles. The molecule has 0 bridgehead atoms. The number of benzene rings is 1. The fourth-order valence-electron chi connectivity index (χ4n) is 1.91. The van der Waals surface area contributed by atoms with Gasteiger partial charge in [0.25, 0.3) is 0 Å². The van der Waals surface area contributed by atoms with Crippen molar-refractivity contribution in [1.29, 1.82) is 5.41 Å². The maximum Gasteiger partial charge on any atom is 0.344 e. The van der Waals surface area contributed by atoms with Crippen LogP contribution in [0.3, 0.4) is 0 Å². The number of halogens is 2. The Labute approximate surface area is 144 Å². The lowest BCUT2D eigenvalue weighted by atomic mass is 10.1. The quantitative estimate of drug-likeness (QED) is 0.287. The first-order valence-corrected chi connectivity index (χ1v) is 7.58. The van der Waals surface area contributed by atoms with Gasteiger partial charge in [0.1, 0.15) is 23.0 Å². The second-order valence-electron chi connectivity index (χ2n) is 5.78. The van der Waals surface area contributed by atoms with Crippen LogP contribution < -0.4 is 11.1 Å². The highest BCUT2D eigenvalue weighted by Gasteiger charge is 2.22. The van der Waals surface area contributed by atoms with Gasteiger partial charge >= 0.3 is 5.97 Å². The molecule has 0 radical (unpaired) electrons. The summed E-state index contributed by atoms with van der Waals surface area (Å²) in [6, 6.07) is 2.98. The Bertz CT molecular complexity index is 695.